The molecule has 3 aromatic rings. The molecule has 192 valence electrons. The van der Waals surface area contributed by atoms with Crippen molar-refractivity contribution in [2.45, 2.75) is 31.6 Å². The molecule has 10 heteroatoms. The van der Waals surface area contributed by atoms with Crippen molar-refractivity contribution in [3.8, 4) is 0 Å². The summed E-state index contributed by atoms with van der Waals surface area (Å²) >= 11 is 0. The van der Waals surface area contributed by atoms with E-state index < -0.39 is 15.8 Å². The summed E-state index contributed by atoms with van der Waals surface area (Å²) in [5, 5.41) is 0. The van der Waals surface area contributed by atoms with Gasteiger partial charge in [-0.15, -0.1) is 0 Å². The van der Waals surface area contributed by atoms with Crippen LogP contribution in [0.1, 0.15) is 24.0 Å². The van der Waals surface area contributed by atoms with E-state index in [-0.39, 0.29) is 28.8 Å². The first-order valence-corrected chi connectivity index (χ1v) is 13.8. The molecule has 1 amide bonds. The summed E-state index contributed by atoms with van der Waals surface area (Å²) in [5.74, 6) is -0.875. The lowest BCUT2D eigenvalue weighted by Crippen LogP contribution is -2.53. The molecule has 0 bridgehead atoms. The van der Waals surface area contributed by atoms with Crippen molar-refractivity contribution in [2.24, 2.45) is 13.0 Å². The van der Waals surface area contributed by atoms with Gasteiger partial charge in [0.2, 0.25) is 15.9 Å². The van der Waals surface area contributed by atoms with Crippen LogP contribution in [0.2, 0.25) is 0 Å². The highest BCUT2D eigenvalue weighted by molar-refractivity contribution is 7.89. The molecule has 1 atom stereocenters. The Bertz CT molecular complexity index is 1470. The van der Waals surface area contributed by atoms with Gasteiger partial charge >= 0.3 is 5.76 Å². The number of hydrogen-bond donors (Lipinski definition) is 0. The molecule has 1 aromatic heterocycles. The second-order valence-electron chi connectivity index (χ2n) is 9.86. The SMILES string of the molecule is Cc1ccc(C)c(N2CCN(C(=O)[C@@H]3CCCN(S(=O)(=O)c4ccc5c(c4)oc(=O)n5C)C3)CC2)c1. The summed E-state index contributed by atoms with van der Waals surface area (Å²) < 4.78 is 34.7. The smallest absolute Gasteiger partial charge is 0.408 e. The van der Waals surface area contributed by atoms with Crippen molar-refractivity contribution < 1.29 is 17.6 Å². The molecule has 2 fully saturated rings. The molecule has 3 heterocycles. The first-order valence-electron chi connectivity index (χ1n) is 12.4. The highest BCUT2D eigenvalue weighted by Crippen LogP contribution is 2.28. The van der Waals surface area contributed by atoms with Crippen LogP contribution in [0.5, 0.6) is 0 Å². The zero-order valence-corrected chi connectivity index (χ0v) is 21.8. The van der Waals surface area contributed by atoms with Gasteiger partial charge in [-0.25, -0.2) is 13.2 Å². The number of carbonyl (C=O) groups excluding carboxylic acids is 1. The molecule has 9 nitrogen and oxygen atoms in total. The fraction of sp³-hybridized carbons (Fsp3) is 0.462. The topological polar surface area (TPSA) is 96.1 Å². The van der Waals surface area contributed by atoms with E-state index in [4.69, 9.17) is 4.42 Å². The monoisotopic (exact) mass is 512 g/mol. The predicted molar refractivity (Wildman–Crippen MR) is 138 cm³/mol. The molecule has 0 N–H and O–H groups in total. The van der Waals surface area contributed by atoms with E-state index in [1.165, 1.54) is 37.8 Å². The molecule has 2 saturated heterocycles. The summed E-state index contributed by atoms with van der Waals surface area (Å²) in [5.41, 5.74) is 4.41. The van der Waals surface area contributed by atoms with Gasteiger partial charge in [0.05, 0.1) is 16.3 Å². The molecular weight excluding hydrogens is 480 g/mol. The minimum absolute atomic E-state index is 0.0278. The van der Waals surface area contributed by atoms with Crippen molar-refractivity contribution in [2.75, 3.05) is 44.2 Å². The standard InChI is InChI=1S/C26H32N4O5S/c1-18-6-7-19(2)23(15-18)28-11-13-29(14-12-28)25(31)20-5-4-10-30(17-20)36(33,34)21-8-9-22-24(16-21)35-26(32)27(22)3/h6-9,15-16,20H,4-5,10-14,17H2,1-3H3/t20-/m1/s1. The number of benzene rings is 2. The van der Waals surface area contributed by atoms with E-state index in [0.29, 0.717) is 38.0 Å². The van der Waals surface area contributed by atoms with Gasteiger partial charge in [0.15, 0.2) is 5.58 Å². The number of amides is 1. The number of oxazole rings is 1. The summed E-state index contributed by atoms with van der Waals surface area (Å²) in [6, 6.07) is 10.9. The number of rotatable bonds is 4. The van der Waals surface area contributed by atoms with Gasteiger partial charge in [-0.05, 0) is 56.0 Å². The summed E-state index contributed by atoms with van der Waals surface area (Å²) in [6.07, 6.45) is 1.30. The van der Waals surface area contributed by atoms with E-state index in [9.17, 15) is 18.0 Å². The van der Waals surface area contributed by atoms with Gasteiger partial charge in [0, 0.05) is 58.1 Å². The first-order chi connectivity index (χ1) is 17.1. The van der Waals surface area contributed by atoms with E-state index in [0.717, 1.165) is 13.1 Å². The highest BCUT2D eigenvalue weighted by atomic mass is 32.2. The number of hydrogen-bond acceptors (Lipinski definition) is 6. The maximum atomic E-state index is 13.4. The zero-order chi connectivity index (χ0) is 25.6. The molecule has 2 aliphatic heterocycles. The third-order valence-electron chi connectivity index (χ3n) is 7.43. The van der Waals surface area contributed by atoms with Gasteiger partial charge < -0.3 is 14.2 Å². The van der Waals surface area contributed by atoms with Crippen LogP contribution in [0.3, 0.4) is 0 Å². The van der Waals surface area contributed by atoms with Crippen LogP contribution in [0.25, 0.3) is 11.1 Å². The average molecular weight is 513 g/mol. The normalized spacial score (nSPS) is 19.7. The van der Waals surface area contributed by atoms with E-state index in [2.05, 4.69) is 36.9 Å². The number of aromatic nitrogens is 1. The second-order valence-corrected chi connectivity index (χ2v) is 11.8. The number of sulfonamides is 1. The number of carbonyl (C=O) groups is 1. The van der Waals surface area contributed by atoms with Gasteiger partial charge in [0.25, 0.3) is 0 Å². The maximum Gasteiger partial charge on any atom is 0.419 e. The summed E-state index contributed by atoms with van der Waals surface area (Å²) in [4.78, 5) is 29.4. The molecule has 2 aliphatic rings. The van der Waals surface area contributed by atoms with Gasteiger partial charge in [0.1, 0.15) is 0 Å². The fourth-order valence-corrected chi connectivity index (χ4v) is 6.81. The Balaban J connectivity index is 1.27. The minimum Gasteiger partial charge on any atom is -0.408 e. The van der Waals surface area contributed by atoms with Gasteiger partial charge in [-0.1, -0.05) is 12.1 Å². The Morgan fingerprint density at radius 2 is 1.75 bits per heavy atom. The summed E-state index contributed by atoms with van der Waals surface area (Å²) in [7, 11) is -2.25. The van der Waals surface area contributed by atoms with Crippen LogP contribution in [0, 0.1) is 19.8 Å². The minimum atomic E-state index is -3.82. The summed E-state index contributed by atoms with van der Waals surface area (Å²) in [6.45, 7) is 7.48. The number of nitrogens with zero attached hydrogens (tertiary/aromatic N) is 4. The lowest BCUT2D eigenvalue weighted by molar-refractivity contribution is -0.137. The van der Waals surface area contributed by atoms with Crippen molar-refractivity contribution >= 4 is 32.7 Å². The number of piperidine rings is 1. The van der Waals surface area contributed by atoms with E-state index in [1.54, 1.807) is 13.1 Å². The molecule has 0 radical (unpaired) electrons. The lowest BCUT2D eigenvalue weighted by atomic mass is 9.97. The van der Waals surface area contributed by atoms with Crippen molar-refractivity contribution in [3.05, 3.63) is 58.1 Å². The fourth-order valence-electron chi connectivity index (χ4n) is 5.27. The predicted octanol–water partition coefficient (Wildman–Crippen LogP) is 2.50. The van der Waals surface area contributed by atoms with Crippen molar-refractivity contribution in [3.63, 3.8) is 0 Å². The van der Waals surface area contributed by atoms with E-state index >= 15 is 0 Å². The first kappa shape index (κ1) is 24.6. The van der Waals surface area contributed by atoms with E-state index in [1.807, 2.05) is 4.90 Å². The van der Waals surface area contributed by atoms with Crippen LogP contribution < -0.4 is 10.7 Å². The Hall–Kier alpha value is -3.11. The second kappa shape index (κ2) is 9.40. The molecular formula is C26H32N4O5S. The molecule has 0 aliphatic carbocycles. The van der Waals surface area contributed by atoms with Crippen molar-refractivity contribution in [1.29, 1.82) is 0 Å². The van der Waals surface area contributed by atoms with Crippen molar-refractivity contribution in [1.82, 2.24) is 13.8 Å². The zero-order valence-electron chi connectivity index (χ0n) is 20.9. The van der Waals surface area contributed by atoms with Crippen LogP contribution in [-0.4, -0.2) is 67.4 Å². The van der Waals surface area contributed by atoms with Gasteiger partial charge in [-0.3, -0.25) is 9.36 Å². The molecule has 36 heavy (non-hydrogen) atoms. The highest BCUT2D eigenvalue weighted by Gasteiger charge is 2.36. The van der Waals surface area contributed by atoms with Crippen LogP contribution in [0.4, 0.5) is 5.69 Å². The molecule has 0 saturated carbocycles. The number of fused-ring (bicyclic) bond motifs is 1. The molecule has 2 aromatic carbocycles. The number of piperazine rings is 1. The molecule has 0 unspecified atom stereocenters. The Kier molecular flexibility index (Phi) is 6.42. The Labute approximate surface area is 210 Å². The number of anilines is 1. The largest absolute Gasteiger partial charge is 0.419 e. The van der Waals surface area contributed by atoms with Crippen LogP contribution in [-0.2, 0) is 21.9 Å². The van der Waals surface area contributed by atoms with Gasteiger partial charge in [-0.2, -0.15) is 4.31 Å². The quantitative estimate of drug-likeness (QED) is 0.533. The average Bonchev–Trinajstić information content (AvgIpc) is 3.17. The van der Waals surface area contributed by atoms with Crippen LogP contribution in [0.15, 0.2) is 50.5 Å². The number of aryl methyl sites for hydroxylation is 3. The Morgan fingerprint density at radius 3 is 2.50 bits per heavy atom. The molecule has 0 spiro atoms. The maximum absolute atomic E-state index is 13.4. The molecule has 5 rings (SSSR count). The van der Waals surface area contributed by atoms with Crippen LogP contribution >= 0.6 is 0 Å². The third kappa shape index (κ3) is 4.43. The lowest BCUT2D eigenvalue weighted by Gasteiger charge is -2.40. The Morgan fingerprint density at radius 1 is 1.00 bits per heavy atom. The third-order valence-corrected chi connectivity index (χ3v) is 9.29.